The van der Waals surface area contributed by atoms with E-state index in [-0.39, 0.29) is 22.6 Å². The molecule has 0 unspecified atom stereocenters. The molecule has 4 rings (SSSR count). The van der Waals surface area contributed by atoms with Gasteiger partial charge in [-0.3, -0.25) is 14.9 Å². The maximum Gasteiger partial charge on any atom is 0.292 e. The molecule has 1 fully saturated rings. The lowest BCUT2D eigenvalue weighted by molar-refractivity contribution is -0.384. The highest BCUT2D eigenvalue weighted by molar-refractivity contribution is 5.92. The first-order valence-electron chi connectivity index (χ1n) is 11.4. The number of nitrogens with zero attached hydrogens (tertiary/aromatic N) is 3. The molecule has 7 heteroatoms. The molecule has 1 amide bonds. The SMILES string of the molecule is C[C@@H](Nc1cc(N2CCN(C(=O)/C=C/c3ccccc3)CC2)ccc1[N+](=O)[O-])c1ccccc1. The Balaban J connectivity index is 1.42. The molecule has 3 aromatic carbocycles. The van der Waals surface area contributed by atoms with Crippen LogP contribution in [0.1, 0.15) is 24.1 Å². The molecule has 174 valence electrons. The van der Waals surface area contributed by atoms with Crippen LogP contribution in [0.4, 0.5) is 17.1 Å². The van der Waals surface area contributed by atoms with Crippen molar-refractivity contribution in [2.24, 2.45) is 0 Å². The Labute approximate surface area is 199 Å². The quantitative estimate of drug-likeness (QED) is 0.303. The van der Waals surface area contributed by atoms with E-state index in [0.29, 0.717) is 31.9 Å². The lowest BCUT2D eigenvalue weighted by Gasteiger charge is -2.36. The molecule has 0 spiro atoms. The summed E-state index contributed by atoms with van der Waals surface area (Å²) >= 11 is 0. The monoisotopic (exact) mass is 456 g/mol. The molecular weight excluding hydrogens is 428 g/mol. The fourth-order valence-corrected chi connectivity index (χ4v) is 4.08. The molecule has 0 aliphatic carbocycles. The summed E-state index contributed by atoms with van der Waals surface area (Å²) in [7, 11) is 0. The topological polar surface area (TPSA) is 78.7 Å². The Bertz CT molecular complexity index is 1160. The third-order valence-electron chi connectivity index (χ3n) is 6.02. The van der Waals surface area contributed by atoms with Gasteiger partial charge in [0.25, 0.3) is 5.69 Å². The second-order valence-corrected chi connectivity index (χ2v) is 8.29. The molecule has 0 radical (unpaired) electrons. The van der Waals surface area contributed by atoms with Crippen LogP contribution in [0.15, 0.2) is 84.9 Å². The van der Waals surface area contributed by atoms with Crippen molar-refractivity contribution in [1.82, 2.24) is 4.90 Å². The smallest absolute Gasteiger partial charge is 0.292 e. The van der Waals surface area contributed by atoms with Crippen LogP contribution < -0.4 is 10.2 Å². The number of nitrogens with one attached hydrogen (secondary N) is 1. The zero-order valence-electron chi connectivity index (χ0n) is 19.1. The molecule has 1 saturated heterocycles. The summed E-state index contributed by atoms with van der Waals surface area (Å²) in [5.41, 5.74) is 3.48. The van der Waals surface area contributed by atoms with E-state index in [1.54, 1.807) is 18.2 Å². The normalized spacial score (nSPS) is 14.7. The molecule has 1 heterocycles. The summed E-state index contributed by atoms with van der Waals surface area (Å²) in [6.45, 7) is 4.50. The van der Waals surface area contributed by atoms with Gasteiger partial charge in [-0.1, -0.05) is 60.7 Å². The van der Waals surface area contributed by atoms with Crippen LogP contribution in [0.5, 0.6) is 0 Å². The van der Waals surface area contributed by atoms with Crippen molar-refractivity contribution >= 4 is 29.0 Å². The van der Waals surface area contributed by atoms with Crippen LogP contribution in [0.3, 0.4) is 0 Å². The zero-order chi connectivity index (χ0) is 23.9. The van der Waals surface area contributed by atoms with Crippen molar-refractivity contribution in [3.05, 3.63) is 106 Å². The highest BCUT2D eigenvalue weighted by Crippen LogP contribution is 2.32. The van der Waals surface area contributed by atoms with Gasteiger partial charge in [0.2, 0.25) is 5.91 Å². The van der Waals surface area contributed by atoms with Crippen molar-refractivity contribution in [3.63, 3.8) is 0 Å². The molecule has 0 bridgehead atoms. The zero-order valence-corrected chi connectivity index (χ0v) is 19.1. The third-order valence-corrected chi connectivity index (χ3v) is 6.02. The number of rotatable bonds is 7. The van der Waals surface area contributed by atoms with Crippen LogP contribution in [0, 0.1) is 10.1 Å². The number of benzene rings is 3. The number of amides is 1. The third kappa shape index (κ3) is 5.61. The molecule has 1 N–H and O–H groups in total. The average Bonchev–Trinajstić information content (AvgIpc) is 2.88. The second-order valence-electron chi connectivity index (χ2n) is 8.29. The number of anilines is 2. The summed E-state index contributed by atoms with van der Waals surface area (Å²) < 4.78 is 0. The minimum absolute atomic E-state index is 0.00811. The lowest BCUT2D eigenvalue weighted by Crippen LogP contribution is -2.48. The van der Waals surface area contributed by atoms with E-state index in [0.717, 1.165) is 16.8 Å². The van der Waals surface area contributed by atoms with E-state index in [2.05, 4.69) is 10.2 Å². The first-order chi connectivity index (χ1) is 16.5. The molecule has 0 saturated carbocycles. The second kappa shape index (κ2) is 10.7. The fraction of sp³-hybridized carbons (Fsp3) is 0.222. The molecule has 3 aromatic rings. The summed E-state index contributed by atoms with van der Waals surface area (Å²) in [5.74, 6) is -0.00811. The Hall–Kier alpha value is -4.13. The van der Waals surface area contributed by atoms with E-state index in [1.165, 1.54) is 0 Å². The van der Waals surface area contributed by atoms with E-state index < -0.39 is 0 Å². The Morgan fingerprint density at radius 1 is 0.971 bits per heavy atom. The van der Waals surface area contributed by atoms with E-state index in [1.807, 2.05) is 84.6 Å². The summed E-state index contributed by atoms with van der Waals surface area (Å²) in [4.78, 5) is 27.8. The number of hydrogen-bond donors (Lipinski definition) is 1. The maximum absolute atomic E-state index is 12.6. The van der Waals surface area contributed by atoms with Gasteiger partial charge >= 0.3 is 0 Å². The van der Waals surface area contributed by atoms with Crippen molar-refractivity contribution in [2.45, 2.75) is 13.0 Å². The highest BCUT2D eigenvalue weighted by Gasteiger charge is 2.23. The number of hydrogen-bond acceptors (Lipinski definition) is 5. The number of nitro benzene ring substituents is 1. The molecule has 1 aliphatic heterocycles. The van der Waals surface area contributed by atoms with Gasteiger partial charge in [-0.05, 0) is 36.3 Å². The van der Waals surface area contributed by atoms with Crippen molar-refractivity contribution in [3.8, 4) is 0 Å². The van der Waals surface area contributed by atoms with E-state index >= 15 is 0 Å². The van der Waals surface area contributed by atoms with Gasteiger partial charge in [-0.15, -0.1) is 0 Å². The van der Waals surface area contributed by atoms with Gasteiger partial charge in [0.15, 0.2) is 0 Å². The van der Waals surface area contributed by atoms with Crippen molar-refractivity contribution < 1.29 is 9.72 Å². The average molecular weight is 457 g/mol. The van der Waals surface area contributed by atoms with Crippen LogP contribution in [-0.2, 0) is 4.79 Å². The van der Waals surface area contributed by atoms with Gasteiger partial charge in [0.05, 0.1) is 4.92 Å². The van der Waals surface area contributed by atoms with Crippen LogP contribution >= 0.6 is 0 Å². The van der Waals surface area contributed by atoms with Gasteiger partial charge in [0.1, 0.15) is 5.69 Å². The minimum atomic E-state index is -0.362. The molecular formula is C27H28N4O3. The predicted molar refractivity (Wildman–Crippen MR) is 136 cm³/mol. The predicted octanol–water partition coefficient (Wildman–Crippen LogP) is 5.13. The van der Waals surface area contributed by atoms with E-state index in [4.69, 9.17) is 0 Å². The number of nitro groups is 1. The Kier molecular flexibility index (Phi) is 7.22. The number of carbonyl (C=O) groups excluding carboxylic acids is 1. The van der Waals surface area contributed by atoms with Gasteiger partial charge in [0, 0.05) is 50.1 Å². The first-order valence-corrected chi connectivity index (χ1v) is 11.4. The van der Waals surface area contributed by atoms with Gasteiger partial charge in [-0.2, -0.15) is 0 Å². The molecule has 7 nitrogen and oxygen atoms in total. The standard InChI is InChI=1S/C27H28N4O3/c1-21(23-10-6-3-7-11-23)28-25-20-24(13-14-26(25)31(33)34)29-16-18-30(19-17-29)27(32)15-12-22-8-4-2-5-9-22/h2-15,20-21,28H,16-19H2,1H3/b15-12+/t21-/m1/s1. The lowest BCUT2D eigenvalue weighted by atomic mass is 10.1. The number of carbonyl (C=O) groups is 1. The maximum atomic E-state index is 12.6. The van der Waals surface area contributed by atoms with Crippen molar-refractivity contribution in [1.29, 1.82) is 0 Å². The van der Waals surface area contributed by atoms with Gasteiger partial charge < -0.3 is 15.1 Å². The minimum Gasteiger partial charge on any atom is -0.373 e. The van der Waals surface area contributed by atoms with Crippen LogP contribution in [-0.4, -0.2) is 41.9 Å². The molecule has 1 atom stereocenters. The van der Waals surface area contributed by atoms with Gasteiger partial charge in [-0.25, -0.2) is 0 Å². The summed E-state index contributed by atoms with van der Waals surface area (Å²) in [5, 5.41) is 14.9. The molecule has 1 aliphatic rings. The molecule has 0 aromatic heterocycles. The van der Waals surface area contributed by atoms with Crippen molar-refractivity contribution in [2.75, 3.05) is 36.4 Å². The Morgan fingerprint density at radius 3 is 2.26 bits per heavy atom. The van der Waals surface area contributed by atoms with Crippen LogP contribution in [0.2, 0.25) is 0 Å². The first kappa shape index (κ1) is 23.0. The summed E-state index contributed by atoms with van der Waals surface area (Å²) in [6, 6.07) is 24.7. The largest absolute Gasteiger partial charge is 0.373 e. The number of piperazine rings is 1. The van der Waals surface area contributed by atoms with E-state index in [9.17, 15) is 14.9 Å². The summed E-state index contributed by atoms with van der Waals surface area (Å²) in [6.07, 6.45) is 3.45. The highest BCUT2D eigenvalue weighted by atomic mass is 16.6. The Morgan fingerprint density at radius 2 is 1.62 bits per heavy atom. The fourth-order valence-electron chi connectivity index (χ4n) is 4.08. The molecule has 34 heavy (non-hydrogen) atoms. The van der Waals surface area contributed by atoms with Crippen LogP contribution in [0.25, 0.3) is 6.08 Å².